The van der Waals surface area contributed by atoms with E-state index in [1.807, 2.05) is 4.90 Å². The van der Waals surface area contributed by atoms with Gasteiger partial charge in [-0.1, -0.05) is 0 Å². The third kappa shape index (κ3) is 1.81. The lowest BCUT2D eigenvalue weighted by Gasteiger charge is -2.21. The van der Waals surface area contributed by atoms with E-state index in [1.54, 1.807) is 11.9 Å². The number of fused-ring (bicyclic) bond motifs is 1. The summed E-state index contributed by atoms with van der Waals surface area (Å²) in [6.07, 6.45) is 2.02. The summed E-state index contributed by atoms with van der Waals surface area (Å²) < 4.78 is 0. The number of nitrogens with zero attached hydrogens (tertiary/aromatic N) is 2. The zero-order valence-corrected chi connectivity index (χ0v) is 10.7. The van der Waals surface area contributed by atoms with Gasteiger partial charge in [-0.05, 0) is 18.8 Å². The van der Waals surface area contributed by atoms with Crippen molar-refractivity contribution in [2.75, 3.05) is 26.7 Å². The van der Waals surface area contributed by atoms with Crippen LogP contribution in [-0.4, -0.2) is 59.5 Å². The zero-order chi connectivity index (χ0) is 12.9. The van der Waals surface area contributed by atoms with E-state index in [2.05, 4.69) is 0 Å². The predicted octanol–water partition coefficient (Wildman–Crippen LogP) is -0.306. The molecule has 1 aliphatic carbocycles. The molecule has 0 bridgehead atoms. The van der Waals surface area contributed by atoms with Crippen LogP contribution in [0.5, 0.6) is 0 Å². The topological polar surface area (TPSA) is 60.9 Å². The van der Waals surface area contributed by atoms with Crippen molar-refractivity contribution in [3.63, 3.8) is 0 Å². The van der Waals surface area contributed by atoms with Gasteiger partial charge in [-0.2, -0.15) is 0 Å². The van der Waals surface area contributed by atoms with Crippen LogP contribution >= 0.6 is 0 Å². The van der Waals surface area contributed by atoms with Crippen molar-refractivity contribution in [3.8, 4) is 0 Å². The lowest BCUT2D eigenvalue weighted by Crippen LogP contribution is -2.36. The van der Waals surface area contributed by atoms with Crippen LogP contribution in [-0.2, 0) is 9.59 Å². The molecule has 0 radical (unpaired) electrons. The highest BCUT2D eigenvalue weighted by atomic mass is 16.3. The molecule has 3 aliphatic rings. The highest BCUT2D eigenvalue weighted by molar-refractivity contribution is 5.89. The minimum Gasteiger partial charge on any atom is -0.393 e. The molecule has 100 valence electrons. The molecule has 0 aromatic heterocycles. The molecular weight excluding hydrogens is 232 g/mol. The SMILES string of the molecule is CN1CC(C(=O)N2CC3CCC(O)C3C2)CC1=O. The number of aliphatic hydroxyl groups excluding tert-OH is 1. The number of rotatable bonds is 1. The van der Waals surface area contributed by atoms with Gasteiger partial charge >= 0.3 is 0 Å². The summed E-state index contributed by atoms with van der Waals surface area (Å²) in [4.78, 5) is 27.3. The monoisotopic (exact) mass is 252 g/mol. The first-order valence-electron chi connectivity index (χ1n) is 6.77. The van der Waals surface area contributed by atoms with Gasteiger partial charge in [0.2, 0.25) is 11.8 Å². The van der Waals surface area contributed by atoms with E-state index in [9.17, 15) is 14.7 Å². The number of hydrogen-bond donors (Lipinski definition) is 1. The largest absolute Gasteiger partial charge is 0.393 e. The van der Waals surface area contributed by atoms with Gasteiger partial charge < -0.3 is 14.9 Å². The molecule has 5 heteroatoms. The average Bonchev–Trinajstić information content (AvgIpc) is 2.98. The van der Waals surface area contributed by atoms with E-state index in [0.717, 1.165) is 19.4 Å². The Hall–Kier alpha value is -1.10. The summed E-state index contributed by atoms with van der Waals surface area (Å²) in [6.45, 7) is 2.00. The number of hydrogen-bond acceptors (Lipinski definition) is 3. The summed E-state index contributed by atoms with van der Waals surface area (Å²) in [5, 5.41) is 9.85. The highest BCUT2D eigenvalue weighted by Crippen LogP contribution is 2.38. The lowest BCUT2D eigenvalue weighted by atomic mass is 10.00. The molecule has 1 N–H and O–H groups in total. The van der Waals surface area contributed by atoms with Gasteiger partial charge in [-0.25, -0.2) is 0 Å². The van der Waals surface area contributed by atoms with E-state index in [1.165, 1.54) is 0 Å². The molecule has 1 saturated carbocycles. The van der Waals surface area contributed by atoms with Gasteiger partial charge in [0.05, 0.1) is 12.0 Å². The Morgan fingerprint density at radius 3 is 2.67 bits per heavy atom. The lowest BCUT2D eigenvalue weighted by molar-refractivity contribution is -0.135. The first-order chi connectivity index (χ1) is 8.56. The van der Waals surface area contributed by atoms with Crippen molar-refractivity contribution in [2.24, 2.45) is 17.8 Å². The van der Waals surface area contributed by atoms with Gasteiger partial charge in [0.1, 0.15) is 0 Å². The fraction of sp³-hybridized carbons (Fsp3) is 0.846. The summed E-state index contributed by atoms with van der Waals surface area (Å²) in [7, 11) is 1.75. The molecule has 2 aliphatic heterocycles. The molecule has 4 atom stereocenters. The van der Waals surface area contributed by atoms with Crippen LogP contribution in [0.25, 0.3) is 0 Å². The second kappa shape index (κ2) is 4.23. The fourth-order valence-electron chi connectivity index (χ4n) is 3.70. The molecule has 0 spiro atoms. The predicted molar refractivity (Wildman–Crippen MR) is 64.5 cm³/mol. The van der Waals surface area contributed by atoms with Gasteiger partial charge in [0, 0.05) is 39.0 Å². The Morgan fingerprint density at radius 1 is 1.28 bits per heavy atom. The van der Waals surface area contributed by atoms with Crippen LogP contribution in [0.3, 0.4) is 0 Å². The summed E-state index contributed by atoms with van der Waals surface area (Å²) >= 11 is 0. The molecule has 2 saturated heterocycles. The molecule has 0 aromatic rings. The summed E-state index contributed by atoms with van der Waals surface area (Å²) in [5.74, 6) is 0.739. The minimum atomic E-state index is -0.235. The van der Waals surface area contributed by atoms with Gasteiger partial charge in [-0.15, -0.1) is 0 Å². The minimum absolute atomic E-state index is 0.0628. The zero-order valence-electron chi connectivity index (χ0n) is 10.7. The van der Waals surface area contributed by atoms with Crippen molar-refractivity contribution >= 4 is 11.8 Å². The molecule has 5 nitrogen and oxygen atoms in total. The number of likely N-dealkylation sites (tertiary alicyclic amines) is 2. The van der Waals surface area contributed by atoms with E-state index in [4.69, 9.17) is 0 Å². The Labute approximate surface area is 107 Å². The molecule has 0 aromatic carbocycles. The van der Waals surface area contributed by atoms with Crippen molar-refractivity contribution in [3.05, 3.63) is 0 Å². The van der Waals surface area contributed by atoms with Crippen molar-refractivity contribution in [2.45, 2.75) is 25.4 Å². The molecule has 3 rings (SSSR count). The summed E-state index contributed by atoms with van der Waals surface area (Å²) in [5.41, 5.74) is 0. The van der Waals surface area contributed by atoms with E-state index in [-0.39, 0.29) is 29.8 Å². The molecular formula is C13H20N2O3. The Bertz CT molecular complexity index is 384. The molecule has 2 heterocycles. The standard InChI is InChI=1S/C13H20N2O3/c1-14-5-9(4-12(14)17)13(18)15-6-8-2-3-11(16)10(8)7-15/h8-11,16H,2-7H2,1H3. The van der Waals surface area contributed by atoms with Crippen LogP contribution in [0.15, 0.2) is 0 Å². The first-order valence-corrected chi connectivity index (χ1v) is 6.77. The second-order valence-corrected chi connectivity index (χ2v) is 5.99. The van der Waals surface area contributed by atoms with Crippen LogP contribution < -0.4 is 0 Å². The van der Waals surface area contributed by atoms with Crippen LogP contribution in [0.1, 0.15) is 19.3 Å². The normalized spacial score (nSPS) is 39.6. The third-order valence-electron chi connectivity index (χ3n) is 4.82. The second-order valence-electron chi connectivity index (χ2n) is 5.99. The molecule has 2 amide bonds. The maximum atomic E-state index is 12.3. The number of carbonyl (C=O) groups excluding carboxylic acids is 2. The van der Waals surface area contributed by atoms with Gasteiger partial charge in [0.15, 0.2) is 0 Å². The van der Waals surface area contributed by atoms with Gasteiger partial charge in [0.25, 0.3) is 0 Å². The molecule has 3 fully saturated rings. The third-order valence-corrected chi connectivity index (χ3v) is 4.82. The van der Waals surface area contributed by atoms with E-state index < -0.39 is 0 Å². The fourth-order valence-corrected chi connectivity index (χ4v) is 3.70. The van der Waals surface area contributed by atoms with Crippen molar-refractivity contribution < 1.29 is 14.7 Å². The van der Waals surface area contributed by atoms with Crippen LogP contribution in [0.4, 0.5) is 0 Å². The van der Waals surface area contributed by atoms with Gasteiger partial charge in [-0.3, -0.25) is 9.59 Å². The van der Waals surface area contributed by atoms with Crippen LogP contribution in [0.2, 0.25) is 0 Å². The molecule has 18 heavy (non-hydrogen) atoms. The van der Waals surface area contributed by atoms with Crippen molar-refractivity contribution in [1.82, 2.24) is 9.80 Å². The first kappa shape index (κ1) is 12.0. The Kier molecular flexibility index (Phi) is 2.81. The van der Waals surface area contributed by atoms with Crippen molar-refractivity contribution in [1.29, 1.82) is 0 Å². The number of aliphatic hydroxyl groups is 1. The maximum absolute atomic E-state index is 12.3. The Balaban J connectivity index is 1.63. The van der Waals surface area contributed by atoms with E-state index >= 15 is 0 Å². The highest BCUT2D eigenvalue weighted by Gasteiger charge is 2.45. The number of carbonyl (C=O) groups is 2. The maximum Gasteiger partial charge on any atom is 0.228 e. The number of amides is 2. The smallest absolute Gasteiger partial charge is 0.228 e. The quantitative estimate of drug-likeness (QED) is 0.696. The molecule has 4 unspecified atom stereocenters. The Morgan fingerprint density at radius 2 is 2.06 bits per heavy atom. The summed E-state index contributed by atoms with van der Waals surface area (Å²) in [6, 6.07) is 0. The average molecular weight is 252 g/mol. The van der Waals surface area contributed by atoms with Crippen LogP contribution in [0, 0.1) is 17.8 Å². The van der Waals surface area contributed by atoms with E-state index in [0.29, 0.717) is 25.4 Å².